The number of fused-ring (bicyclic) bond motifs is 1. The second kappa shape index (κ2) is 8.10. The highest BCUT2D eigenvalue weighted by atomic mass is 19.1. The number of amides is 1. The fourth-order valence-corrected chi connectivity index (χ4v) is 3.01. The van der Waals surface area contributed by atoms with E-state index in [2.05, 4.69) is 5.32 Å². The van der Waals surface area contributed by atoms with Crippen LogP contribution >= 0.6 is 0 Å². The third-order valence-electron chi connectivity index (χ3n) is 4.49. The summed E-state index contributed by atoms with van der Waals surface area (Å²) in [5.41, 5.74) is 1.08. The van der Waals surface area contributed by atoms with Gasteiger partial charge in [0.2, 0.25) is 0 Å². The van der Waals surface area contributed by atoms with E-state index in [0.29, 0.717) is 5.56 Å². The summed E-state index contributed by atoms with van der Waals surface area (Å²) in [6.45, 7) is 0.282. The molecule has 1 N–H and O–H groups in total. The van der Waals surface area contributed by atoms with E-state index in [0.717, 1.165) is 34.2 Å². The van der Waals surface area contributed by atoms with Crippen molar-refractivity contribution in [2.45, 2.75) is 6.61 Å². The molecular weight excluding hydrogens is 372 g/mol. The van der Waals surface area contributed by atoms with E-state index in [1.807, 2.05) is 48.5 Å². The van der Waals surface area contributed by atoms with Crippen molar-refractivity contribution in [3.8, 4) is 5.75 Å². The Hall–Kier alpha value is -3.73. The topological polar surface area (TPSA) is 38.3 Å². The Bertz CT molecular complexity index is 1190. The lowest BCUT2D eigenvalue weighted by molar-refractivity contribution is 0.102. The van der Waals surface area contributed by atoms with Gasteiger partial charge in [0.25, 0.3) is 5.91 Å². The van der Waals surface area contributed by atoms with Crippen LogP contribution in [0.5, 0.6) is 5.75 Å². The predicted molar refractivity (Wildman–Crippen MR) is 109 cm³/mol. The number of ether oxygens (including phenoxy) is 1. The van der Waals surface area contributed by atoms with E-state index >= 15 is 0 Å². The van der Waals surface area contributed by atoms with Gasteiger partial charge in [0, 0.05) is 11.6 Å². The van der Waals surface area contributed by atoms with Crippen LogP contribution in [-0.4, -0.2) is 5.91 Å². The molecule has 3 nitrogen and oxygen atoms in total. The van der Waals surface area contributed by atoms with Gasteiger partial charge in [-0.05, 0) is 52.7 Å². The second-order valence-corrected chi connectivity index (χ2v) is 6.58. The Morgan fingerprint density at radius 2 is 1.66 bits per heavy atom. The van der Waals surface area contributed by atoms with Gasteiger partial charge in [-0.3, -0.25) is 4.79 Å². The zero-order chi connectivity index (χ0) is 20.2. The first-order chi connectivity index (χ1) is 14.1. The Balaban J connectivity index is 1.45. The zero-order valence-corrected chi connectivity index (χ0v) is 15.4. The fraction of sp³-hybridized carbons (Fsp3) is 0.0417. The smallest absolute Gasteiger partial charge is 0.255 e. The number of anilines is 1. The van der Waals surface area contributed by atoms with Crippen molar-refractivity contribution < 1.29 is 18.3 Å². The fourth-order valence-electron chi connectivity index (χ4n) is 3.01. The Kier molecular flexibility index (Phi) is 5.20. The molecule has 0 aromatic heterocycles. The first-order valence-electron chi connectivity index (χ1n) is 9.05. The number of benzene rings is 4. The van der Waals surface area contributed by atoms with E-state index in [-0.39, 0.29) is 12.3 Å². The van der Waals surface area contributed by atoms with Crippen LogP contribution in [0.4, 0.5) is 14.5 Å². The van der Waals surface area contributed by atoms with Crippen LogP contribution in [0.25, 0.3) is 10.8 Å². The monoisotopic (exact) mass is 389 g/mol. The third kappa shape index (κ3) is 4.41. The van der Waals surface area contributed by atoms with E-state index < -0.39 is 17.5 Å². The Morgan fingerprint density at radius 3 is 2.48 bits per heavy atom. The van der Waals surface area contributed by atoms with Gasteiger partial charge in [-0.2, -0.15) is 0 Å². The maximum atomic E-state index is 13.8. The average molecular weight is 389 g/mol. The largest absolute Gasteiger partial charge is 0.489 e. The first kappa shape index (κ1) is 18.6. The second-order valence-electron chi connectivity index (χ2n) is 6.58. The van der Waals surface area contributed by atoms with Crippen molar-refractivity contribution in [2.75, 3.05) is 5.32 Å². The molecule has 29 heavy (non-hydrogen) atoms. The van der Waals surface area contributed by atoms with Crippen LogP contribution in [0.2, 0.25) is 0 Å². The van der Waals surface area contributed by atoms with Gasteiger partial charge in [-0.1, -0.05) is 42.5 Å². The summed E-state index contributed by atoms with van der Waals surface area (Å²) in [6.07, 6.45) is 0. The summed E-state index contributed by atoms with van der Waals surface area (Å²) in [6, 6.07) is 23.7. The molecule has 0 spiro atoms. The molecule has 1 amide bonds. The molecule has 0 unspecified atom stereocenters. The van der Waals surface area contributed by atoms with E-state index in [4.69, 9.17) is 4.74 Å². The Morgan fingerprint density at radius 1 is 0.828 bits per heavy atom. The molecule has 0 saturated heterocycles. The SMILES string of the molecule is O=C(Nc1ccc(F)cc1F)c1cccc(COc2ccc3ccccc3c2)c1. The van der Waals surface area contributed by atoms with Crippen LogP contribution in [0.15, 0.2) is 84.9 Å². The van der Waals surface area contributed by atoms with Crippen molar-refractivity contribution in [1.82, 2.24) is 0 Å². The minimum Gasteiger partial charge on any atom is -0.489 e. The summed E-state index contributed by atoms with van der Waals surface area (Å²) in [5, 5.41) is 4.67. The molecule has 144 valence electrons. The number of carbonyl (C=O) groups is 1. The molecule has 0 atom stereocenters. The maximum Gasteiger partial charge on any atom is 0.255 e. The Labute approximate surface area is 166 Å². The number of hydrogen-bond donors (Lipinski definition) is 1. The first-order valence-corrected chi connectivity index (χ1v) is 9.05. The van der Waals surface area contributed by atoms with Gasteiger partial charge >= 0.3 is 0 Å². The van der Waals surface area contributed by atoms with Crippen LogP contribution in [-0.2, 0) is 6.61 Å². The van der Waals surface area contributed by atoms with Crippen molar-refractivity contribution in [3.63, 3.8) is 0 Å². The zero-order valence-electron chi connectivity index (χ0n) is 15.4. The number of nitrogens with one attached hydrogen (secondary N) is 1. The number of halogens is 2. The highest BCUT2D eigenvalue weighted by Crippen LogP contribution is 2.22. The lowest BCUT2D eigenvalue weighted by atomic mass is 10.1. The van der Waals surface area contributed by atoms with Crippen molar-refractivity contribution >= 4 is 22.4 Å². The predicted octanol–water partition coefficient (Wildman–Crippen LogP) is 5.95. The summed E-state index contributed by atoms with van der Waals surface area (Å²) >= 11 is 0. The molecule has 4 rings (SSSR count). The minimum atomic E-state index is -0.825. The molecule has 0 aliphatic carbocycles. The molecule has 0 fully saturated rings. The third-order valence-corrected chi connectivity index (χ3v) is 4.49. The van der Waals surface area contributed by atoms with Crippen LogP contribution in [0.3, 0.4) is 0 Å². The summed E-state index contributed by atoms with van der Waals surface area (Å²) in [7, 11) is 0. The number of rotatable bonds is 5. The number of hydrogen-bond acceptors (Lipinski definition) is 2. The van der Waals surface area contributed by atoms with E-state index in [9.17, 15) is 13.6 Å². The van der Waals surface area contributed by atoms with Crippen molar-refractivity contribution in [1.29, 1.82) is 0 Å². The van der Waals surface area contributed by atoms with Gasteiger partial charge in [-0.15, -0.1) is 0 Å². The van der Waals surface area contributed by atoms with Gasteiger partial charge in [0.1, 0.15) is 24.0 Å². The van der Waals surface area contributed by atoms with Gasteiger partial charge in [0.15, 0.2) is 0 Å². The molecule has 0 aliphatic heterocycles. The van der Waals surface area contributed by atoms with Crippen molar-refractivity contribution in [2.24, 2.45) is 0 Å². The summed E-state index contributed by atoms with van der Waals surface area (Å²) in [5.74, 6) is -1.28. The van der Waals surface area contributed by atoms with Crippen LogP contribution in [0.1, 0.15) is 15.9 Å². The standard InChI is InChI=1S/C24H17F2NO2/c25-20-9-11-23(22(26)14-20)27-24(28)19-7-3-4-16(12-19)15-29-21-10-8-17-5-1-2-6-18(17)13-21/h1-14H,15H2,(H,27,28). The summed E-state index contributed by atoms with van der Waals surface area (Å²) < 4.78 is 32.6. The molecule has 0 heterocycles. The van der Waals surface area contributed by atoms with Gasteiger partial charge < -0.3 is 10.1 Å². The lowest BCUT2D eigenvalue weighted by Crippen LogP contribution is -2.13. The molecule has 4 aromatic carbocycles. The molecule has 0 aliphatic rings. The average Bonchev–Trinajstić information content (AvgIpc) is 2.74. The van der Waals surface area contributed by atoms with Gasteiger partial charge in [-0.25, -0.2) is 8.78 Å². The molecule has 4 aromatic rings. The van der Waals surface area contributed by atoms with Crippen LogP contribution in [0, 0.1) is 11.6 Å². The summed E-state index contributed by atoms with van der Waals surface area (Å²) in [4.78, 5) is 12.4. The molecule has 0 saturated carbocycles. The molecule has 0 bridgehead atoms. The normalized spacial score (nSPS) is 10.7. The molecular formula is C24H17F2NO2. The van der Waals surface area contributed by atoms with Crippen LogP contribution < -0.4 is 10.1 Å². The number of carbonyl (C=O) groups excluding carboxylic acids is 1. The molecule has 5 heteroatoms. The van der Waals surface area contributed by atoms with Crippen molar-refractivity contribution in [3.05, 3.63) is 108 Å². The van der Waals surface area contributed by atoms with E-state index in [1.165, 1.54) is 6.07 Å². The molecule has 0 radical (unpaired) electrons. The highest BCUT2D eigenvalue weighted by Gasteiger charge is 2.11. The quantitative estimate of drug-likeness (QED) is 0.458. The maximum absolute atomic E-state index is 13.8. The van der Waals surface area contributed by atoms with E-state index in [1.54, 1.807) is 18.2 Å². The highest BCUT2D eigenvalue weighted by molar-refractivity contribution is 6.04. The lowest BCUT2D eigenvalue weighted by Gasteiger charge is -2.10. The minimum absolute atomic E-state index is 0.0748. The van der Waals surface area contributed by atoms with Gasteiger partial charge in [0.05, 0.1) is 5.69 Å².